The molecule has 7 nitrogen and oxygen atoms in total. The zero-order chi connectivity index (χ0) is 37.5. The molecule has 0 saturated heterocycles. The third-order valence-electron chi connectivity index (χ3n) is 9.96. The standard InChI is InChI=1S/C47H35FN4O3/c1-53-33-10-4-7-29(25-33)45-38-19-17-36(49-38)44(28-13-15-32(48)16-14-28)37-18-20-39(50-37)46(30-8-5-11-34(26-30)54-2)41-22-24-43(52-41)47(42-23-21-40(45)51-42)31-9-6-12-35(27-31)55-3/h4-27,49,52H,1-3H3. The Balaban J connectivity index is 1.47. The number of nitrogens with zero attached hydrogens (tertiary/aromatic N) is 2. The average molecular weight is 723 g/mol. The SMILES string of the molecule is COc1cccc(-c2c3nc(c(-c4cccc(OC)c4)c4ccc([nH]4)c(-c4cccc(OC)c4)c4nc(c(-c5ccc(F)cc5)c5ccc2[nH]5)C=C4)C=C3)c1. The first-order chi connectivity index (χ1) is 27.0. The van der Waals surface area contributed by atoms with Gasteiger partial charge in [-0.25, -0.2) is 14.4 Å². The fraction of sp³-hybridized carbons (Fsp3) is 0.0638. The highest BCUT2D eigenvalue weighted by Crippen LogP contribution is 2.39. The van der Waals surface area contributed by atoms with E-state index >= 15 is 0 Å². The van der Waals surface area contributed by atoms with Crippen LogP contribution in [0.25, 0.3) is 90.9 Å². The van der Waals surface area contributed by atoms with E-state index in [1.54, 1.807) is 33.5 Å². The molecule has 2 aliphatic rings. The van der Waals surface area contributed by atoms with Crippen molar-refractivity contribution in [3.05, 3.63) is 150 Å². The van der Waals surface area contributed by atoms with Crippen molar-refractivity contribution in [2.24, 2.45) is 0 Å². The number of H-pyrrole nitrogens is 2. The van der Waals surface area contributed by atoms with Crippen LogP contribution in [0.2, 0.25) is 0 Å². The van der Waals surface area contributed by atoms with Crippen LogP contribution in [-0.4, -0.2) is 41.3 Å². The molecule has 8 heteroatoms. The number of ether oxygens (including phenoxy) is 3. The van der Waals surface area contributed by atoms with Crippen LogP contribution in [0.4, 0.5) is 4.39 Å². The summed E-state index contributed by atoms with van der Waals surface area (Å²) in [6, 6.07) is 38.7. The van der Waals surface area contributed by atoms with E-state index in [-0.39, 0.29) is 5.82 Å². The molecule has 7 aromatic rings. The minimum Gasteiger partial charge on any atom is -0.497 e. The van der Waals surface area contributed by atoms with E-state index in [1.165, 1.54) is 12.1 Å². The molecule has 8 bridgehead atoms. The number of hydrogen-bond donors (Lipinski definition) is 2. The van der Waals surface area contributed by atoms with Gasteiger partial charge < -0.3 is 24.2 Å². The lowest BCUT2D eigenvalue weighted by molar-refractivity contribution is 0.415. The van der Waals surface area contributed by atoms with E-state index in [4.69, 9.17) is 24.2 Å². The molecule has 4 aromatic carbocycles. The van der Waals surface area contributed by atoms with Crippen LogP contribution in [0.3, 0.4) is 0 Å². The zero-order valence-corrected chi connectivity index (χ0v) is 30.4. The summed E-state index contributed by atoms with van der Waals surface area (Å²) in [7, 11) is 5.00. The molecule has 0 radical (unpaired) electrons. The van der Waals surface area contributed by atoms with E-state index in [1.807, 2.05) is 72.8 Å². The van der Waals surface area contributed by atoms with Crippen LogP contribution in [0, 0.1) is 5.82 Å². The Bertz CT molecular complexity index is 2800. The number of aromatic nitrogens is 4. The highest BCUT2D eigenvalue weighted by molar-refractivity contribution is 6.00. The number of hydrogen-bond acceptors (Lipinski definition) is 5. The summed E-state index contributed by atoms with van der Waals surface area (Å²) < 4.78 is 31.3. The van der Waals surface area contributed by atoms with Gasteiger partial charge in [0.1, 0.15) is 23.1 Å². The molecular formula is C47H35FN4O3. The summed E-state index contributed by atoms with van der Waals surface area (Å²) >= 11 is 0. The first-order valence-electron chi connectivity index (χ1n) is 17.8. The molecule has 0 atom stereocenters. The van der Waals surface area contributed by atoms with Crippen molar-refractivity contribution in [1.82, 2.24) is 19.9 Å². The van der Waals surface area contributed by atoms with Gasteiger partial charge in [0, 0.05) is 44.3 Å². The van der Waals surface area contributed by atoms with Gasteiger partial charge in [0.05, 0.1) is 44.1 Å². The number of aromatic amines is 2. The predicted octanol–water partition coefficient (Wildman–Crippen LogP) is 11.5. The Labute approximate surface area is 317 Å². The Morgan fingerprint density at radius 2 is 0.727 bits per heavy atom. The Morgan fingerprint density at radius 3 is 1.05 bits per heavy atom. The van der Waals surface area contributed by atoms with Crippen LogP contribution < -0.4 is 14.2 Å². The maximum atomic E-state index is 14.3. The Hall–Kier alpha value is -7.19. The summed E-state index contributed by atoms with van der Waals surface area (Å²) in [5.74, 6) is 1.89. The van der Waals surface area contributed by atoms with Gasteiger partial charge in [0.25, 0.3) is 0 Å². The number of benzene rings is 4. The van der Waals surface area contributed by atoms with Gasteiger partial charge in [-0.1, -0.05) is 48.5 Å². The van der Waals surface area contributed by atoms with Crippen LogP contribution in [0.5, 0.6) is 17.2 Å². The first kappa shape index (κ1) is 33.6. The number of nitrogens with one attached hydrogen (secondary N) is 2. The molecule has 268 valence electrons. The summed E-state index contributed by atoms with van der Waals surface area (Å²) in [4.78, 5) is 18.1. The van der Waals surface area contributed by atoms with Crippen molar-refractivity contribution in [3.63, 3.8) is 0 Å². The van der Waals surface area contributed by atoms with Gasteiger partial charge in [-0.05, 0) is 119 Å². The van der Waals surface area contributed by atoms with Crippen LogP contribution in [-0.2, 0) is 0 Å². The predicted molar refractivity (Wildman–Crippen MR) is 220 cm³/mol. The van der Waals surface area contributed by atoms with E-state index < -0.39 is 0 Å². The van der Waals surface area contributed by atoms with Gasteiger partial charge in [-0.15, -0.1) is 0 Å². The molecule has 3 aromatic heterocycles. The number of rotatable bonds is 7. The second-order valence-electron chi connectivity index (χ2n) is 13.2. The first-order valence-corrected chi connectivity index (χ1v) is 17.8. The summed E-state index contributed by atoms with van der Waals surface area (Å²) in [6.07, 6.45) is 8.15. The maximum Gasteiger partial charge on any atom is 0.123 e. The smallest absolute Gasteiger partial charge is 0.123 e. The third kappa shape index (κ3) is 6.23. The lowest BCUT2D eigenvalue weighted by Crippen LogP contribution is -1.91. The molecule has 2 aliphatic heterocycles. The van der Waals surface area contributed by atoms with Crippen LogP contribution >= 0.6 is 0 Å². The van der Waals surface area contributed by atoms with Gasteiger partial charge in [0.2, 0.25) is 0 Å². The Morgan fingerprint density at radius 1 is 0.400 bits per heavy atom. The van der Waals surface area contributed by atoms with E-state index in [0.29, 0.717) is 0 Å². The van der Waals surface area contributed by atoms with Gasteiger partial charge in [-0.3, -0.25) is 0 Å². The second kappa shape index (κ2) is 14.0. The highest BCUT2D eigenvalue weighted by atomic mass is 19.1. The monoisotopic (exact) mass is 722 g/mol. The third-order valence-corrected chi connectivity index (χ3v) is 9.96. The highest BCUT2D eigenvalue weighted by Gasteiger charge is 2.19. The molecular weight excluding hydrogens is 688 g/mol. The minimum atomic E-state index is -0.311. The average Bonchev–Trinajstić information content (AvgIpc) is 4.07. The molecule has 0 aliphatic carbocycles. The zero-order valence-electron chi connectivity index (χ0n) is 30.4. The molecule has 0 fully saturated rings. The normalized spacial score (nSPS) is 11.9. The fourth-order valence-corrected chi connectivity index (χ4v) is 7.37. The molecule has 55 heavy (non-hydrogen) atoms. The number of halogens is 1. The fourth-order valence-electron chi connectivity index (χ4n) is 7.37. The van der Waals surface area contributed by atoms with Crippen molar-refractivity contribution in [3.8, 4) is 61.8 Å². The summed E-state index contributed by atoms with van der Waals surface area (Å²) in [6.45, 7) is 0. The molecule has 0 saturated carbocycles. The van der Waals surface area contributed by atoms with Crippen molar-refractivity contribution < 1.29 is 18.6 Å². The summed E-state index contributed by atoms with van der Waals surface area (Å²) in [5, 5.41) is 0. The topological polar surface area (TPSA) is 85.1 Å². The number of methoxy groups -OCH3 is 3. The lowest BCUT2D eigenvalue weighted by atomic mass is 10.0. The molecule has 5 heterocycles. The van der Waals surface area contributed by atoms with Gasteiger partial charge in [-0.2, -0.15) is 0 Å². The van der Waals surface area contributed by atoms with Crippen molar-refractivity contribution in [1.29, 1.82) is 0 Å². The summed E-state index contributed by atoms with van der Waals surface area (Å²) in [5.41, 5.74) is 13.6. The minimum absolute atomic E-state index is 0.311. The molecule has 0 amide bonds. The van der Waals surface area contributed by atoms with E-state index in [0.717, 1.165) is 107 Å². The molecule has 9 rings (SSSR count). The van der Waals surface area contributed by atoms with Crippen molar-refractivity contribution in [2.45, 2.75) is 0 Å². The molecule has 2 N–H and O–H groups in total. The lowest BCUT2D eigenvalue weighted by Gasteiger charge is -2.08. The number of fused-ring (bicyclic) bond motifs is 8. The molecule has 0 spiro atoms. The second-order valence-corrected chi connectivity index (χ2v) is 13.2. The maximum absolute atomic E-state index is 14.3. The van der Waals surface area contributed by atoms with Crippen molar-refractivity contribution in [2.75, 3.05) is 21.3 Å². The quantitative estimate of drug-likeness (QED) is 0.171. The van der Waals surface area contributed by atoms with E-state index in [2.05, 4.69) is 58.5 Å². The largest absolute Gasteiger partial charge is 0.497 e. The molecule has 0 unspecified atom stereocenters. The van der Waals surface area contributed by atoms with Crippen LogP contribution in [0.1, 0.15) is 22.8 Å². The Kier molecular flexibility index (Phi) is 8.55. The van der Waals surface area contributed by atoms with Gasteiger partial charge in [0.15, 0.2) is 0 Å². The van der Waals surface area contributed by atoms with E-state index in [9.17, 15) is 4.39 Å². The van der Waals surface area contributed by atoms with Crippen molar-refractivity contribution >= 4 is 46.4 Å². The van der Waals surface area contributed by atoms with Gasteiger partial charge >= 0.3 is 0 Å². The van der Waals surface area contributed by atoms with Crippen LogP contribution in [0.15, 0.2) is 121 Å².